The molecule has 0 N–H and O–H groups in total. The molecule has 0 aliphatic carbocycles. The number of imidazole rings is 2. The van der Waals surface area contributed by atoms with Gasteiger partial charge >= 0.3 is 0 Å². The summed E-state index contributed by atoms with van der Waals surface area (Å²) in [6.45, 7) is 6.31. The number of fused-ring (bicyclic) bond motifs is 1. The molecule has 6 heteroatoms. The number of benzene rings is 1. The van der Waals surface area contributed by atoms with Crippen LogP contribution in [0.25, 0.3) is 17.0 Å². The minimum Gasteiger partial charge on any atom is -0.338 e. The fourth-order valence-electron chi connectivity index (χ4n) is 3.63. The number of rotatable bonds is 8. The van der Waals surface area contributed by atoms with Crippen molar-refractivity contribution in [1.82, 2.24) is 23.8 Å². The number of unbranched alkanes of at least 4 members (excludes halogenated alkanes) is 1. The molecule has 0 aliphatic heterocycles. The van der Waals surface area contributed by atoms with Crippen LogP contribution in [-0.4, -0.2) is 42.8 Å². The molecule has 0 fully saturated rings. The Kier molecular flexibility index (Phi) is 5.93. The summed E-state index contributed by atoms with van der Waals surface area (Å²) in [5.41, 5.74) is 3.26. The zero-order chi connectivity index (χ0) is 20.9. The van der Waals surface area contributed by atoms with Crippen molar-refractivity contribution < 1.29 is 4.79 Å². The third-order valence-electron chi connectivity index (χ3n) is 5.27. The van der Waals surface area contributed by atoms with E-state index in [0.29, 0.717) is 18.1 Å². The maximum Gasteiger partial charge on any atom is 0.274 e. The number of carbonyl (C=O) groups is 1. The van der Waals surface area contributed by atoms with E-state index in [1.165, 1.54) is 5.56 Å². The van der Waals surface area contributed by atoms with Gasteiger partial charge < -0.3 is 9.47 Å². The summed E-state index contributed by atoms with van der Waals surface area (Å²) < 4.78 is 3.99. The monoisotopic (exact) mass is 401 g/mol. The van der Waals surface area contributed by atoms with Gasteiger partial charge in [-0.3, -0.25) is 9.20 Å². The number of hydrogen-bond acceptors (Lipinski definition) is 3. The molecule has 0 spiro atoms. The Balaban J connectivity index is 1.68. The average molecular weight is 402 g/mol. The first-order valence-corrected chi connectivity index (χ1v) is 10.5. The highest BCUT2D eigenvalue weighted by atomic mass is 16.2. The van der Waals surface area contributed by atoms with Gasteiger partial charge in [0.1, 0.15) is 5.69 Å². The first kappa shape index (κ1) is 19.9. The van der Waals surface area contributed by atoms with E-state index in [9.17, 15) is 4.79 Å². The fraction of sp³-hybridized carbons (Fsp3) is 0.292. The van der Waals surface area contributed by atoms with Gasteiger partial charge in [-0.05, 0) is 31.0 Å². The molecule has 30 heavy (non-hydrogen) atoms. The van der Waals surface area contributed by atoms with Gasteiger partial charge in [0.25, 0.3) is 5.91 Å². The van der Waals surface area contributed by atoms with E-state index in [1.54, 1.807) is 0 Å². The van der Waals surface area contributed by atoms with E-state index in [-0.39, 0.29) is 5.91 Å². The van der Waals surface area contributed by atoms with Crippen molar-refractivity contribution in [2.24, 2.45) is 0 Å². The van der Waals surface area contributed by atoms with Crippen LogP contribution in [0.3, 0.4) is 0 Å². The van der Waals surface area contributed by atoms with Gasteiger partial charge in [-0.15, -0.1) is 0 Å². The Morgan fingerprint density at radius 3 is 2.63 bits per heavy atom. The first-order valence-electron chi connectivity index (χ1n) is 10.5. The van der Waals surface area contributed by atoms with Crippen LogP contribution in [0.5, 0.6) is 0 Å². The minimum absolute atomic E-state index is 0.0235. The summed E-state index contributed by atoms with van der Waals surface area (Å²) in [5.74, 6) is 0.664. The Labute approximate surface area is 176 Å². The molecule has 0 unspecified atom stereocenters. The molecular formula is C24H27N5O. The number of pyridine rings is 1. The lowest BCUT2D eigenvalue weighted by Crippen LogP contribution is -2.32. The molecular weight excluding hydrogens is 374 g/mol. The standard InChI is InChI=1S/C24H27N5O/c1-3-5-14-28(4-2)24(30)22-21-13-9-10-15-29(21)23(26-22)20-17-27(18-25-20)16-19-11-7-6-8-12-19/h6-13,15,17-18H,3-5,14,16H2,1-2H3. The topological polar surface area (TPSA) is 55.4 Å². The molecule has 4 rings (SSSR count). The molecule has 0 radical (unpaired) electrons. The van der Waals surface area contributed by atoms with E-state index in [1.807, 2.05) is 75.9 Å². The minimum atomic E-state index is -0.0235. The normalized spacial score (nSPS) is 11.1. The van der Waals surface area contributed by atoms with Gasteiger partial charge in [0, 0.05) is 32.0 Å². The number of aromatic nitrogens is 4. The summed E-state index contributed by atoms with van der Waals surface area (Å²) in [4.78, 5) is 24.4. The van der Waals surface area contributed by atoms with Crippen molar-refractivity contribution in [3.8, 4) is 11.5 Å². The highest BCUT2D eigenvalue weighted by Gasteiger charge is 2.23. The largest absolute Gasteiger partial charge is 0.338 e. The van der Waals surface area contributed by atoms with E-state index < -0.39 is 0 Å². The van der Waals surface area contributed by atoms with Crippen LogP contribution in [0.2, 0.25) is 0 Å². The van der Waals surface area contributed by atoms with Crippen molar-refractivity contribution >= 4 is 11.4 Å². The molecule has 0 bridgehead atoms. The number of hydrogen-bond donors (Lipinski definition) is 0. The van der Waals surface area contributed by atoms with Crippen LogP contribution >= 0.6 is 0 Å². The van der Waals surface area contributed by atoms with Crippen LogP contribution in [-0.2, 0) is 6.54 Å². The highest BCUT2D eigenvalue weighted by Crippen LogP contribution is 2.23. The Hall–Kier alpha value is -3.41. The summed E-state index contributed by atoms with van der Waals surface area (Å²) in [7, 11) is 0. The molecule has 0 saturated heterocycles. The SMILES string of the molecule is CCCCN(CC)C(=O)c1nc(-c2cn(Cc3ccccc3)cn2)n2ccccc12. The fourth-order valence-corrected chi connectivity index (χ4v) is 3.63. The van der Waals surface area contributed by atoms with Crippen molar-refractivity contribution in [2.75, 3.05) is 13.1 Å². The molecule has 154 valence electrons. The maximum atomic E-state index is 13.2. The maximum absolute atomic E-state index is 13.2. The zero-order valence-corrected chi connectivity index (χ0v) is 17.5. The number of nitrogens with zero attached hydrogens (tertiary/aromatic N) is 5. The predicted octanol–water partition coefficient (Wildman–Crippen LogP) is 4.51. The molecule has 3 heterocycles. The Bertz CT molecular complexity index is 1130. The van der Waals surface area contributed by atoms with Crippen LogP contribution in [0, 0.1) is 0 Å². The van der Waals surface area contributed by atoms with Gasteiger partial charge in [0.15, 0.2) is 11.5 Å². The van der Waals surface area contributed by atoms with E-state index >= 15 is 0 Å². The van der Waals surface area contributed by atoms with Gasteiger partial charge in [-0.2, -0.15) is 0 Å². The first-order chi connectivity index (χ1) is 14.7. The number of carbonyl (C=O) groups excluding carboxylic acids is 1. The lowest BCUT2D eigenvalue weighted by atomic mass is 10.2. The molecule has 1 aromatic carbocycles. The average Bonchev–Trinajstić information content (AvgIpc) is 3.39. The van der Waals surface area contributed by atoms with Gasteiger partial charge in [0.2, 0.25) is 0 Å². The summed E-state index contributed by atoms with van der Waals surface area (Å²) in [6.07, 6.45) is 7.78. The van der Waals surface area contributed by atoms with Crippen LogP contribution in [0.4, 0.5) is 0 Å². The van der Waals surface area contributed by atoms with Crippen molar-refractivity contribution in [1.29, 1.82) is 0 Å². The predicted molar refractivity (Wildman–Crippen MR) is 118 cm³/mol. The van der Waals surface area contributed by atoms with Gasteiger partial charge in [0.05, 0.1) is 11.8 Å². The third kappa shape index (κ3) is 3.99. The molecule has 0 aliphatic rings. The molecule has 6 nitrogen and oxygen atoms in total. The lowest BCUT2D eigenvalue weighted by Gasteiger charge is -2.19. The Morgan fingerprint density at radius 2 is 1.87 bits per heavy atom. The van der Waals surface area contributed by atoms with Crippen LogP contribution in [0.1, 0.15) is 42.7 Å². The third-order valence-corrected chi connectivity index (χ3v) is 5.27. The number of amides is 1. The smallest absolute Gasteiger partial charge is 0.274 e. The van der Waals surface area contributed by atoms with Gasteiger partial charge in [-0.25, -0.2) is 9.97 Å². The quantitative estimate of drug-likeness (QED) is 0.437. The van der Waals surface area contributed by atoms with Crippen LogP contribution < -0.4 is 0 Å². The van der Waals surface area contributed by atoms with Crippen LogP contribution in [0.15, 0.2) is 67.3 Å². The van der Waals surface area contributed by atoms with Crippen molar-refractivity contribution in [3.05, 3.63) is 78.5 Å². The van der Waals surface area contributed by atoms with E-state index in [0.717, 1.165) is 37.1 Å². The van der Waals surface area contributed by atoms with Gasteiger partial charge in [-0.1, -0.05) is 49.7 Å². The van der Waals surface area contributed by atoms with Crippen molar-refractivity contribution in [2.45, 2.75) is 33.2 Å². The van der Waals surface area contributed by atoms with E-state index in [4.69, 9.17) is 4.98 Å². The second-order valence-corrected chi connectivity index (χ2v) is 7.40. The second-order valence-electron chi connectivity index (χ2n) is 7.40. The summed E-state index contributed by atoms with van der Waals surface area (Å²) in [6, 6.07) is 16.1. The molecule has 0 atom stereocenters. The molecule has 3 aromatic heterocycles. The molecule has 4 aromatic rings. The zero-order valence-electron chi connectivity index (χ0n) is 17.5. The molecule has 0 saturated carbocycles. The van der Waals surface area contributed by atoms with E-state index in [2.05, 4.69) is 24.0 Å². The Morgan fingerprint density at radius 1 is 1.07 bits per heavy atom. The lowest BCUT2D eigenvalue weighted by molar-refractivity contribution is 0.0759. The molecule has 1 amide bonds. The highest BCUT2D eigenvalue weighted by molar-refractivity contribution is 6.00. The summed E-state index contributed by atoms with van der Waals surface area (Å²) >= 11 is 0. The summed E-state index contributed by atoms with van der Waals surface area (Å²) in [5, 5.41) is 0. The van der Waals surface area contributed by atoms with Crippen molar-refractivity contribution in [3.63, 3.8) is 0 Å². The second kappa shape index (κ2) is 8.95.